The summed E-state index contributed by atoms with van der Waals surface area (Å²) in [7, 11) is 0. The molecule has 4 heteroatoms. The maximum Gasteiger partial charge on any atom is 0.252 e. The van der Waals surface area contributed by atoms with E-state index in [1.165, 1.54) is 0 Å². The number of rotatable bonds is 3. The second kappa shape index (κ2) is 4.91. The summed E-state index contributed by atoms with van der Waals surface area (Å²) >= 11 is 0. The van der Waals surface area contributed by atoms with Crippen molar-refractivity contribution in [3.05, 3.63) is 60.2 Å². The summed E-state index contributed by atoms with van der Waals surface area (Å²) in [4.78, 5) is 0. The summed E-state index contributed by atoms with van der Waals surface area (Å²) < 4.78 is 11.4. The molecule has 98 valence electrons. The van der Waals surface area contributed by atoms with Gasteiger partial charge in [-0.3, -0.25) is 0 Å². The van der Waals surface area contributed by atoms with E-state index in [1.807, 2.05) is 54.6 Å². The van der Waals surface area contributed by atoms with Gasteiger partial charge in [-0.1, -0.05) is 42.5 Å². The van der Waals surface area contributed by atoms with Crippen LogP contribution in [0.2, 0.25) is 0 Å². The maximum atomic E-state index is 9.82. The number of aliphatic hydroxyl groups excluding tert-OH is 1. The van der Waals surface area contributed by atoms with Crippen molar-refractivity contribution in [2.75, 3.05) is 0 Å². The molecule has 1 heterocycles. The van der Waals surface area contributed by atoms with Gasteiger partial charge in [0, 0.05) is 0 Å². The Morgan fingerprint density at radius 3 is 1.95 bits per heavy atom. The number of fused-ring (bicyclic) bond motifs is 1. The summed E-state index contributed by atoms with van der Waals surface area (Å²) in [6.45, 7) is 0. The van der Waals surface area contributed by atoms with Crippen LogP contribution in [0.25, 0.3) is 0 Å². The fourth-order valence-corrected chi connectivity index (χ4v) is 2.26. The van der Waals surface area contributed by atoms with Crippen molar-refractivity contribution in [3.63, 3.8) is 0 Å². The Kier molecular flexibility index (Phi) is 3.11. The molecule has 3 rings (SSSR count). The highest BCUT2D eigenvalue weighted by Crippen LogP contribution is 2.39. The molecule has 0 aromatic heterocycles. The largest absolute Gasteiger partial charge is 0.450 e. The number of hydrogen-bond acceptors (Lipinski definition) is 4. The van der Waals surface area contributed by atoms with Gasteiger partial charge in [0.15, 0.2) is 11.5 Å². The second-order valence-electron chi connectivity index (χ2n) is 4.48. The molecule has 0 fully saturated rings. The lowest BCUT2D eigenvalue weighted by atomic mass is 9.97. The molecule has 4 nitrogen and oxygen atoms in total. The Morgan fingerprint density at radius 2 is 1.42 bits per heavy atom. The third-order valence-electron chi connectivity index (χ3n) is 3.18. The van der Waals surface area contributed by atoms with Crippen LogP contribution in [0.1, 0.15) is 11.5 Å². The third-order valence-corrected chi connectivity index (χ3v) is 3.18. The van der Waals surface area contributed by atoms with Gasteiger partial charge < -0.3 is 20.3 Å². The van der Waals surface area contributed by atoms with E-state index in [2.05, 4.69) is 0 Å². The van der Waals surface area contributed by atoms with Crippen molar-refractivity contribution >= 4 is 0 Å². The third kappa shape index (κ3) is 2.28. The first-order valence-electron chi connectivity index (χ1n) is 6.16. The SMILES string of the molecule is NC(O)C(c1ccccc1)C1Oc2ccccc2O1. The highest BCUT2D eigenvalue weighted by molar-refractivity contribution is 5.42. The van der Waals surface area contributed by atoms with Crippen LogP contribution >= 0.6 is 0 Å². The zero-order chi connectivity index (χ0) is 13.2. The molecule has 0 aliphatic carbocycles. The molecular formula is C15H15NO3. The molecule has 0 saturated carbocycles. The molecule has 0 radical (unpaired) electrons. The van der Waals surface area contributed by atoms with Gasteiger partial charge in [-0.2, -0.15) is 0 Å². The van der Waals surface area contributed by atoms with Crippen LogP contribution < -0.4 is 15.2 Å². The van der Waals surface area contributed by atoms with Crippen LogP contribution in [0.15, 0.2) is 54.6 Å². The molecule has 19 heavy (non-hydrogen) atoms. The topological polar surface area (TPSA) is 64.7 Å². The number of aliphatic hydroxyl groups is 1. The van der Waals surface area contributed by atoms with Crippen LogP contribution in [0.5, 0.6) is 11.5 Å². The molecule has 2 atom stereocenters. The molecule has 2 unspecified atom stereocenters. The summed E-state index contributed by atoms with van der Waals surface area (Å²) in [5.41, 5.74) is 6.56. The first kappa shape index (κ1) is 12.0. The second-order valence-corrected chi connectivity index (χ2v) is 4.48. The van der Waals surface area contributed by atoms with Crippen LogP contribution in [-0.2, 0) is 0 Å². The first-order chi connectivity index (χ1) is 9.25. The van der Waals surface area contributed by atoms with Crippen molar-refractivity contribution in [3.8, 4) is 11.5 Å². The van der Waals surface area contributed by atoms with Crippen LogP contribution in [0, 0.1) is 0 Å². The smallest absolute Gasteiger partial charge is 0.252 e. The van der Waals surface area contributed by atoms with E-state index in [1.54, 1.807) is 0 Å². The van der Waals surface area contributed by atoms with Crippen LogP contribution in [-0.4, -0.2) is 17.6 Å². The fourth-order valence-electron chi connectivity index (χ4n) is 2.26. The van der Waals surface area contributed by atoms with Gasteiger partial charge in [0.25, 0.3) is 6.29 Å². The number of nitrogens with two attached hydrogens (primary N) is 1. The van der Waals surface area contributed by atoms with Gasteiger partial charge in [0.2, 0.25) is 0 Å². The minimum absolute atomic E-state index is 0.436. The quantitative estimate of drug-likeness (QED) is 0.824. The molecule has 0 spiro atoms. The van der Waals surface area contributed by atoms with Gasteiger partial charge in [0.1, 0.15) is 6.23 Å². The van der Waals surface area contributed by atoms with Crippen molar-refractivity contribution < 1.29 is 14.6 Å². The van der Waals surface area contributed by atoms with Crippen LogP contribution in [0.4, 0.5) is 0 Å². The molecule has 1 aliphatic heterocycles. The standard InChI is InChI=1S/C15H15NO3/c16-14(17)13(10-6-2-1-3-7-10)15-18-11-8-4-5-9-12(11)19-15/h1-9,13-15,17H,16H2. The van der Waals surface area contributed by atoms with E-state index in [0.29, 0.717) is 11.5 Å². The van der Waals surface area contributed by atoms with Crippen molar-refractivity contribution in [1.29, 1.82) is 0 Å². The summed E-state index contributed by atoms with van der Waals surface area (Å²) in [6.07, 6.45) is -1.67. The fraction of sp³-hybridized carbons (Fsp3) is 0.200. The van der Waals surface area contributed by atoms with Crippen LogP contribution in [0.3, 0.4) is 0 Å². The van der Waals surface area contributed by atoms with E-state index < -0.39 is 18.4 Å². The Hall–Kier alpha value is -2.04. The number of para-hydroxylation sites is 2. The summed E-state index contributed by atoms with van der Waals surface area (Å²) in [5, 5.41) is 9.82. The van der Waals surface area contributed by atoms with Gasteiger partial charge in [-0.25, -0.2) is 0 Å². The average Bonchev–Trinajstić information content (AvgIpc) is 2.82. The molecule has 1 aliphatic rings. The lowest BCUT2D eigenvalue weighted by Gasteiger charge is -2.24. The first-order valence-corrected chi connectivity index (χ1v) is 6.16. The Bertz CT molecular complexity index is 531. The minimum Gasteiger partial charge on any atom is -0.450 e. The van der Waals surface area contributed by atoms with Gasteiger partial charge in [-0.15, -0.1) is 0 Å². The molecule has 3 N–H and O–H groups in total. The molecule has 2 aromatic carbocycles. The lowest BCUT2D eigenvalue weighted by molar-refractivity contribution is -0.0206. The normalized spacial score (nSPS) is 17.2. The van der Waals surface area contributed by atoms with Gasteiger partial charge >= 0.3 is 0 Å². The average molecular weight is 257 g/mol. The molecule has 2 aromatic rings. The van der Waals surface area contributed by atoms with Crippen molar-refractivity contribution in [2.24, 2.45) is 5.73 Å². The van der Waals surface area contributed by atoms with E-state index in [0.717, 1.165) is 5.56 Å². The Labute approximate surface area is 111 Å². The molecule has 0 bridgehead atoms. The Morgan fingerprint density at radius 1 is 0.895 bits per heavy atom. The number of benzene rings is 2. The molecule has 0 saturated heterocycles. The van der Waals surface area contributed by atoms with E-state index in [-0.39, 0.29) is 0 Å². The summed E-state index contributed by atoms with van der Waals surface area (Å²) in [6, 6.07) is 16.9. The van der Waals surface area contributed by atoms with E-state index in [4.69, 9.17) is 15.2 Å². The van der Waals surface area contributed by atoms with Gasteiger partial charge in [-0.05, 0) is 17.7 Å². The predicted octanol–water partition coefficient (Wildman–Crippen LogP) is 1.84. The molecular weight excluding hydrogens is 242 g/mol. The number of hydrogen-bond donors (Lipinski definition) is 2. The van der Waals surface area contributed by atoms with Crippen molar-refractivity contribution in [1.82, 2.24) is 0 Å². The highest BCUT2D eigenvalue weighted by Gasteiger charge is 2.36. The van der Waals surface area contributed by atoms with Gasteiger partial charge in [0.05, 0.1) is 5.92 Å². The maximum absolute atomic E-state index is 9.82. The monoisotopic (exact) mass is 257 g/mol. The zero-order valence-electron chi connectivity index (χ0n) is 10.3. The van der Waals surface area contributed by atoms with Crippen molar-refractivity contribution in [2.45, 2.75) is 18.4 Å². The van der Waals surface area contributed by atoms with E-state index in [9.17, 15) is 5.11 Å². The van der Waals surface area contributed by atoms with E-state index >= 15 is 0 Å². The minimum atomic E-state index is -1.05. The Balaban J connectivity index is 1.88. The highest BCUT2D eigenvalue weighted by atomic mass is 16.7. The number of ether oxygens (including phenoxy) is 2. The molecule has 0 amide bonds. The zero-order valence-corrected chi connectivity index (χ0v) is 10.3. The lowest BCUT2D eigenvalue weighted by Crippen LogP contribution is -2.40. The predicted molar refractivity (Wildman–Crippen MR) is 70.9 cm³/mol. The summed E-state index contributed by atoms with van der Waals surface area (Å²) in [5.74, 6) is 0.914.